The summed E-state index contributed by atoms with van der Waals surface area (Å²) in [4.78, 5) is 0. The van der Waals surface area contributed by atoms with Crippen molar-refractivity contribution >= 4 is 11.0 Å². The molecule has 0 saturated carbocycles. The normalized spacial score (nSPS) is 9.88. The highest BCUT2D eigenvalue weighted by molar-refractivity contribution is 5.78. The van der Waals surface area contributed by atoms with E-state index in [-0.39, 0.29) is 12.4 Å². The van der Waals surface area contributed by atoms with E-state index in [2.05, 4.69) is 6.07 Å². The Labute approximate surface area is 106 Å². The number of para-hydroxylation sites is 1. The molecule has 0 aliphatic carbocycles. The van der Waals surface area contributed by atoms with E-state index in [1.54, 1.807) is 0 Å². The minimum absolute atomic E-state index is 0. The molecule has 84 valence electrons. The van der Waals surface area contributed by atoms with Crippen molar-refractivity contribution in [1.82, 2.24) is 0 Å². The molecule has 0 aliphatic heterocycles. The zero-order valence-electron chi connectivity index (χ0n) is 9.14. The highest BCUT2D eigenvalue weighted by atomic mass is 35.5. The molecule has 0 fully saturated rings. The van der Waals surface area contributed by atoms with Crippen molar-refractivity contribution in [3.63, 3.8) is 0 Å². The predicted octanol–water partition coefficient (Wildman–Crippen LogP) is 1.38. The van der Waals surface area contributed by atoms with E-state index in [9.17, 15) is 0 Å². The van der Waals surface area contributed by atoms with Crippen molar-refractivity contribution in [1.29, 1.82) is 0 Å². The molecule has 0 radical (unpaired) electrons. The summed E-state index contributed by atoms with van der Waals surface area (Å²) in [6.45, 7) is 0. The highest BCUT2D eigenvalue weighted by Gasteiger charge is 2.12. The average Bonchev–Trinajstić information content (AvgIpc) is 2.39. The molecule has 3 rings (SSSR count). The maximum absolute atomic E-state index is 5.85. The van der Waals surface area contributed by atoms with Gasteiger partial charge >= 0.3 is 11.3 Å². The molecule has 1 nitrogen and oxygen atoms in total. The fourth-order valence-corrected chi connectivity index (χ4v) is 1.79. The van der Waals surface area contributed by atoms with Gasteiger partial charge in [-0.05, 0) is 24.3 Å². The van der Waals surface area contributed by atoms with Crippen LogP contribution in [0.4, 0.5) is 0 Å². The molecule has 1 heterocycles. The summed E-state index contributed by atoms with van der Waals surface area (Å²) >= 11 is 0. The zero-order valence-corrected chi connectivity index (χ0v) is 9.89. The molecule has 17 heavy (non-hydrogen) atoms. The van der Waals surface area contributed by atoms with E-state index in [1.807, 2.05) is 60.7 Å². The van der Waals surface area contributed by atoms with Crippen molar-refractivity contribution in [3.05, 3.63) is 66.7 Å². The number of fused-ring (bicyclic) bond motifs is 1. The van der Waals surface area contributed by atoms with Crippen LogP contribution in [0.1, 0.15) is 0 Å². The third kappa shape index (κ3) is 2.29. The predicted molar refractivity (Wildman–Crippen MR) is 66.1 cm³/mol. The van der Waals surface area contributed by atoms with Gasteiger partial charge in [-0.15, -0.1) is 0 Å². The quantitative estimate of drug-likeness (QED) is 0.587. The van der Waals surface area contributed by atoms with Gasteiger partial charge in [-0.25, -0.2) is 4.42 Å². The lowest BCUT2D eigenvalue weighted by atomic mass is 10.1. The van der Waals surface area contributed by atoms with Crippen molar-refractivity contribution in [2.45, 2.75) is 0 Å². The van der Waals surface area contributed by atoms with Crippen LogP contribution in [0.2, 0.25) is 0 Å². The van der Waals surface area contributed by atoms with Crippen LogP contribution < -0.4 is 12.4 Å². The molecule has 1 aromatic heterocycles. The van der Waals surface area contributed by atoms with E-state index < -0.39 is 0 Å². The Balaban J connectivity index is 0.00000108. The lowest BCUT2D eigenvalue weighted by Crippen LogP contribution is -3.00. The number of hydrogen-bond acceptors (Lipinski definition) is 0. The number of benzene rings is 2. The smallest absolute Gasteiger partial charge is 0.360 e. The number of rotatable bonds is 1. The fraction of sp³-hybridized carbons (Fsp3) is 0. The lowest BCUT2D eigenvalue weighted by Gasteiger charge is -1.91. The van der Waals surface area contributed by atoms with Gasteiger partial charge in [0, 0.05) is 12.1 Å². The van der Waals surface area contributed by atoms with E-state index in [0.29, 0.717) is 0 Å². The van der Waals surface area contributed by atoms with Crippen LogP contribution in [0, 0.1) is 0 Å². The minimum atomic E-state index is 0. The zero-order chi connectivity index (χ0) is 10.8. The Hall–Kier alpha value is -1.86. The number of hydrogen-bond donors (Lipinski definition) is 0. The fourth-order valence-electron chi connectivity index (χ4n) is 1.79. The van der Waals surface area contributed by atoms with Crippen LogP contribution >= 0.6 is 0 Å². The van der Waals surface area contributed by atoms with Gasteiger partial charge in [-0.1, -0.05) is 30.3 Å². The van der Waals surface area contributed by atoms with Gasteiger partial charge < -0.3 is 12.4 Å². The van der Waals surface area contributed by atoms with E-state index in [4.69, 9.17) is 4.42 Å². The minimum Gasteiger partial charge on any atom is -1.00 e. The number of halogens is 1. The Morgan fingerprint density at radius 3 is 2.18 bits per heavy atom. The summed E-state index contributed by atoms with van der Waals surface area (Å²) in [6, 6.07) is 22.3. The summed E-state index contributed by atoms with van der Waals surface area (Å²) < 4.78 is 5.85. The van der Waals surface area contributed by atoms with Crippen molar-refractivity contribution in [2.75, 3.05) is 0 Å². The molecular weight excluding hydrogens is 232 g/mol. The van der Waals surface area contributed by atoms with Gasteiger partial charge in [0.05, 0.1) is 10.9 Å². The van der Waals surface area contributed by atoms with Crippen LogP contribution in [0.5, 0.6) is 0 Å². The second kappa shape index (κ2) is 4.98. The van der Waals surface area contributed by atoms with Crippen LogP contribution in [0.15, 0.2) is 71.1 Å². The van der Waals surface area contributed by atoms with Crippen molar-refractivity contribution < 1.29 is 16.8 Å². The monoisotopic (exact) mass is 242 g/mol. The van der Waals surface area contributed by atoms with Crippen molar-refractivity contribution in [2.24, 2.45) is 0 Å². The third-order valence-corrected chi connectivity index (χ3v) is 2.61. The van der Waals surface area contributed by atoms with Gasteiger partial charge in [-0.2, -0.15) is 0 Å². The topological polar surface area (TPSA) is 11.3 Å². The summed E-state index contributed by atoms with van der Waals surface area (Å²) in [5.74, 6) is 0.902. The molecule has 0 aliphatic rings. The maximum Gasteiger partial charge on any atom is 0.360 e. The van der Waals surface area contributed by atoms with Gasteiger partial charge in [-0.3, -0.25) is 0 Å². The third-order valence-electron chi connectivity index (χ3n) is 2.61. The molecule has 0 bridgehead atoms. The second-order valence-electron chi connectivity index (χ2n) is 3.70. The SMILES string of the molecule is [Cl-].c1ccc(-c2ccc3ccccc3[o+]2)cc1. The standard InChI is InChI=1S/C15H11O.ClH/c1-2-6-12(7-3-1)15-11-10-13-8-4-5-9-14(13)16-15;/h1-11H;1H/q+1;/p-1. The maximum atomic E-state index is 5.85. The lowest BCUT2D eigenvalue weighted by molar-refractivity contribution is -0.00000357. The Morgan fingerprint density at radius 1 is 0.647 bits per heavy atom. The average molecular weight is 243 g/mol. The largest absolute Gasteiger partial charge is 1.00 e. The molecule has 0 spiro atoms. The Bertz CT molecular complexity index is 620. The summed E-state index contributed by atoms with van der Waals surface area (Å²) in [6.07, 6.45) is 0. The molecule has 0 saturated heterocycles. The Morgan fingerprint density at radius 2 is 1.35 bits per heavy atom. The molecule has 0 unspecified atom stereocenters. The summed E-state index contributed by atoms with van der Waals surface area (Å²) in [7, 11) is 0. The van der Waals surface area contributed by atoms with Crippen LogP contribution in [0.25, 0.3) is 22.3 Å². The van der Waals surface area contributed by atoms with Crippen LogP contribution in [0.3, 0.4) is 0 Å². The van der Waals surface area contributed by atoms with E-state index in [0.717, 1.165) is 22.3 Å². The molecule has 0 N–H and O–H groups in total. The van der Waals surface area contributed by atoms with Crippen LogP contribution in [-0.4, -0.2) is 0 Å². The first kappa shape index (κ1) is 11.6. The van der Waals surface area contributed by atoms with E-state index in [1.165, 1.54) is 0 Å². The molecule has 2 aromatic carbocycles. The van der Waals surface area contributed by atoms with Gasteiger partial charge in [0.2, 0.25) is 0 Å². The first-order chi connectivity index (χ1) is 7.93. The van der Waals surface area contributed by atoms with Gasteiger partial charge in [0.15, 0.2) is 0 Å². The molecule has 0 amide bonds. The molecular formula is C15H11ClO. The summed E-state index contributed by atoms with van der Waals surface area (Å²) in [5.41, 5.74) is 2.03. The summed E-state index contributed by atoms with van der Waals surface area (Å²) in [5, 5.41) is 1.13. The Kier molecular flexibility index (Phi) is 3.40. The van der Waals surface area contributed by atoms with Crippen LogP contribution in [-0.2, 0) is 0 Å². The molecule has 0 atom stereocenters. The first-order valence-electron chi connectivity index (χ1n) is 5.31. The van der Waals surface area contributed by atoms with Gasteiger partial charge in [0.25, 0.3) is 0 Å². The second-order valence-corrected chi connectivity index (χ2v) is 3.70. The molecule has 3 aromatic rings. The van der Waals surface area contributed by atoms with Gasteiger partial charge in [0.1, 0.15) is 0 Å². The highest BCUT2D eigenvalue weighted by Crippen LogP contribution is 2.23. The molecule has 2 heteroatoms. The first-order valence-corrected chi connectivity index (χ1v) is 5.31. The van der Waals surface area contributed by atoms with E-state index >= 15 is 0 Å². The van der Waals surface area contributed by atoms with Crippen molar-refractivity contribution in [3.8, 4) is 11.3 Å².